The molecule has 3 aromatic rings. The summed E-state index contributed by atoms with van der Waals surface area (Å²) in [5.74, 6) is 0. The lowest BCUT2D eigenvalue weighted by molar-refractivity contribution is 0.182. The normalized spacial score (nSPS) is 10.8. The number of benzene rings is 1. The number of rotatable bonds is 4. The van der Waals surface area contributed by atoms with Crippen LogP contribution in [-0.4, -0.2) is 22.3 Å². The van der Waals surface area contributed by atoms with Gasteiger partial charge in [-0.2, -0.15) is 0 Å². The second-order valence-electron chi connectivity index (χ2n) is 4.04. The highest BCUT2D eigenvalue weighted by molar-refractivity contribution is 7.24. The molecule has 0 saturated heterocycles. The van der Waals surface area contributed by atoms with Crippen molar-refractivity contribution in [2.45, 2.75) is 6.61 Å². The van der Waals surface area contributed by atoms with E-state index in [1.54, 1.807) is 18.4 Å². The zero-order valence-electron chi connectivity index (χ0n) is 10.7. The third-order valence-electron chi connectivity index (χ3n) is 2.63. The average molecular weight is 304 g/mol. The van der Waals surface area contributed by atoms with Gasteiger partial charge in [0.05, 0.1) is 17.2 Å². The summed E-state index contributed by atoms with van der Waals surface area (Å²) >= 11 is 2.94. The molecule has 0 amide bonds. The van der Waals surface area contributed by atoms with Crippen LogP contribution >= 0.6 is 22.7 Å². The quantitative estimate of drug-likeness (QED) is 0.802. The molecule has 2 heterocycles. The van der Waals surface area contributed by atoms with Crippen molar-refractivity contribution in [2.24, 2.45) is 0 Å². The molecular weight excluding hydrogens is 292 g/mol. The van der Waals surface area contributed by atoms with Crippen molar-refractivity contribution in [2.75, 3.05) is 12.8 Å². The van der Waals surface area contributed by atoms with E-state index < -0.39 is 0 Å². The third-order valence-corrected chi connectivity index (χ3v) is 4.69. The molecule has 7 heteroatoms. The molecule has 2 aromatic heterocycles. The minimum absolute atomic E-state index is 0.443. The Morgan fingerprint density at radius 3 is 2.55 bits per heavy atom. The third kappa shape index (κ3) is 2.55. The number of anilines is 1. The first kappa shape index (κ1) is 13.2. The van der Waals surface area contributed by atoms with E-state index in [-0.39, 0.29) is 0 Å². The molecule has 0 unspecified atom stereocenters. The maximum atomic E-state index is 5.66. The summed E-state index contributed by atoms with van der Waals surface area (Å²) in [6.07, 6.45) is 0. The Morgan fingerprint density at radius 1 is 1.10 bits per heavy atom. The summed E-state index contributed by atoms with van der Waals surface area (Å²) in [6.45, 7) is 0.443. The lowest BCUT2D eigenvalue weighted by Crippen LogP contribution is -1.90. The fourth-order valence-electron chi connectivity index (χ4n) is 1.78. The number of nitrogens with two attached hydrogens (primary N) is 1. The van der Waals surface area contributed by atoms with E-state index in [0.717, 1.165) is 26.1 Å². The van der Waals surface area contributed by atoms with E-state index in [9.17, 15) is 0 Å². The van der Waals surface area contributed by atoms with E-state index >= 15 is 0 Å². The Kier molecular flexibility index (Phi) is 3.72. The van der Waals surface area contributed by atoms with Gasteiger partial charge in [-0.1, -0.05) is 41.7 Å². The van der Waals surface area contributed by atoms with Crippen LogP contribution in [0.5, 0.6) is 0 Å². The molecule has 0 fully saturated rings. The number of nitrogens with zero attached hydrogens (tertiary/aromatic N) is 3. The Labute approximate surface area is 124 Å². The minimum Gasteiger partial charge on any atom is -0.378 e. The lowest BCUT2D eigenvalue weighted by atomic mass is 10.2. The lowest BCUT2D eigenvalue weighted by Gasteiger charge is -1.96. The topological polar surface area (TPSA) is 73.9 Å². The van der Waals surface area contributed by atoms with Crippen molar-refractivity contribution in [1.82, 2.24) is 15.2 Å². The summed E-state index contributed by atoms with van der Waals surface area (Å²) in [6, 6.07) is 10.0. The van der Waals surface area contributed by atoms with Gasteiger partial charge in [0.2, 0.25) is 5.13 Å². The van der Waals surface area contributed by atoms with E-state index in [1.165, 1.54) is 11.3 Å². The first-order chi connectivity index (χ1) is 9.78. The van der Waals surface area contributed by atoms with Gasteiger partial charge in [-0.25, -0.2) is 4.98 Å². The van der Waals surface area contributed by atoms with Crippen LogP contribution < -0.4 is 5.73 Å². The van der Waals surface area contributed by atoms with Crippen molar-refractivity contribution >= 4 is 27.8 Å². The summed E-state index contributed by atoms with van der Waals surface area (Å²) in [5.41, 5.74) is 7.61. The van der Waals surface area contributed by atoms with E-state index in [4.69, 9.17) is 10.5 Å². The van der Waals surface area contributed by atoms with Crippen molar-refractivity contribution in [3.63, 3.8) is 0 Å². The Morgan fingerprint density at radius 2 is 1.90 bits per heavy atom. The van der Waals surface area contributed by atoms with Gasteiger partial charge < -0.3 is 10.5 Å². The minimum atomic E-state index is 0.443. The molecule has 0 aliphatic heterocycles. The van der Waals surface area contributed by atoms with Crippen LogP contribution in [0.3, 0.4) is 0 Å². The molecule has 0 aliphatic carbocycles. The molecule has 0 aliphatic rings. The molecule has 0 spiro atoms. The number of thiazole rings is 1. The largest absolute Gasteiger partial charge is 0.378 e. The van der Waals surface area contributed by atoms with Gasteiger partial charge in [0.25, 0.3) is 0 Å². The molecule has 0 radical (unpaired) electrons. The monoisotopic (exact) mass is 304 g/mol. The van der Waals surface area contributed by atoms with E-state index in [1.807, 2.05) is 30.3 Å². The van der Waals surface area contributed by atoms with Crippen molar-refractivity contribution < 1.29 is 4.74 Å². The van der Waals surface area contributed by atoms with E-state index in [0.29, 0.717) is 11.7 Å². The number of hydrogen-bond acceptors (Lipinski definition) is 7. The number of nitrogen functional groups attached to an aromatic ring is 1. The predicted octanol–water partition coefficient (Wildman–Crippen LogP) is 3.06. The molecule has 5 nitrogen and oxygen atoms in total. The van der Waals surface area contributed by atoms with Crippen LogP contribution in [0.4, 0.5) is 5.13 Å². The smallest absolute Gasteiger partial charge is 0.203 e. The van der Waals surface area contributed by atoms with Crippen molar-refractivity contribution in [3.8, 4) is 20.5 Å². The van der Waals surface area contributed by atoms with Crippen molar-refractivity contribution in [1.29, 1.82) is 0 Å². The number of ether oxygens (including phenoxy) is 1. The SMILES string of the molecule is COCc1nc(-c2ccccc2)sc1-c1nnc(N)s1. The van der Waals surface area contributed by atoms with Gasteiger partial charge in [-0.3, -0.25) is 0 Å². The van der Waals surface area contributed by atoms with Crippen LogP contribution in [0.2, 0.25) is 0 Å². The standard InChI is InChI=1S/C13H12N4OS2/c1-18-7-9-10(12-16-17-13(14)20-12)19-11(15-9)8-5-3-2-4-6-8/h2-6H,7H2,1H3,(H2,14,17). The average Bonchev–Trinajstić information content (AvgIpc) is 3.07. The fourth-order valence-corrected chi connectivity index (χ4v) is 3.56. The molecule has 0 bridgehead atoms. The maximum Gasteiger partial charge on any atom is 0.203 e. The molecule has 0 atom stereocenters. The molecule has 0 saturated carbocycles. The molecule has 102 valence electrons. The second-order valence-corrected chi connectivity index (χ2v) is 6.05. The first-order valence-corrected chi connectivity index (χ1v) is 7.54. The number of hydrogen-bond donors (Lipinski definition) is 1. The van der Waals surface area contributed by atoms with Crippen LogP contribution in [-0.2, 0) is 11.3 Å². The highest BCUT2D eigenvalue weighted by Crippen LogP contribution is 2.37. The highest BCUT2D eigenvalue weighted by Gasteiger charge is 2.17. The Bertz CT molecular complexity index is 708. The summed E-state index contributed by atoms with van der Waals surface area (Å²) in [5, 5.41) is 10.1. The summed E-state index contributed by atoms with van der Waals surface area (Å²) in [7, 11) is 1.65. The Balaban J connectivity index is 2.07. The van der Waals surface area contributed by atoms with Gasteiger partial charge in [-0.15, -0.1) is 21.5 Å². The predicted molar refractivity (Wildman–Crippen MR) is 81.6 cm³/mol. The van der Waals surface area contributed by atoms with Crippen LogP contribution in [0.25, 0.3) is 20.5 Å². The molecule has 1 aromatic carbocycles. The van der Waals surface area contributed by atoms with Gasteiger partial charge >= 0.3 is 0 Å². The fraction of sp³-hybridized carbons (Fsp3) is 0.154. The van der Waals surface area contributed by atoms with Crippen molar-refractivity contribution in [3.05, 3.63) is 36.0 Å². The summed E-state index contributed by atoms with van der Waals surface area (Å²) < 4.78 is 5.22. The number of methoxy groups -OCH3 is 1. The first-order valence-electron chi connectivity index (χ1n) is 5.91. The molecular formula is C13H12N4OS2. The Hall–Kier alpha value is -1.83. The van der Waals surface area contributed by atoms with Gasteiger partial charge in [0.1, 0.15) is 5.01 Å². The van der Waals surface area contributed by atoms with Gasteiger partial charge in [0.15, 0.2) is 5.01 Å². The molecule has 3 rings (SSSR count). The van der Waals surface area contributed by atoms with Crippen LogP contribution in [0.1, 0.15) is 5.69 Å². The maximum absolute atomic E-state index is 5.66. The van der Waals surface area contributed by atoms with Crippen LogP contribution in [0.15, 0.2) is 30.3 Å². The molecule has 20 heavy (non-hydrogen) atoms. The highest BCUT2D eigenvalue weighted by atomic mass is 32.1. The molecule has 2 N–H and O–H groups in total. The van der Waals surface area contributed by atoms with Gasteiger partial charge in [-0.05, 0) is 0 Å². The summed E-state index contributed by atoms with van der Waals surface area (Å²) in [4.78, 5) is 5.62. The number of aromatic nitrogens is 3. The van der Waals surface area contributed by atoms with Crippen LogP contribution in [0, 0.1) is 0 Å². The van der Waals surface area contributed by atoms with E-state index in [2.05, 4.69) is 15.2 Å². The zero-order valence-corrected chi connectivity index (χ0v) is 12.4. The second kappa shape index (κ2) is 5.66. The van der Waals surface area contributed by atoms with Gasteiger partial charge in [0, 0.05) is 12.7 Å². The zero-order chi connectivity index (χ0) is 13.9.